The van der Waals surface area contributed by atoms with Crippen LogP contribution in [-0.2, 0) is 6.42 Å². The van der Waals surface area contributed by atoms with Crippen LogP contribution in [0.4, 0.5) is 34.1 Å². The molecule has 7 aromatic rings. The van der Waals surface area contributed by atoms with Gasteiger partial charge >= 0.3 is 0 Å². The van der Waals surface area contributed by atoms with Crippen LogP contribution < -0.4 is 9.80 Å². The van der Waals surface area contributed by atoms with Crippen LogP contribution in [0.1, 0.15) is 17.5 Å². The molecule has 8 rings (SSSR count). The van der Waals surface area contributed by atoms with Gasteiger partial charge in [0.1, 0.15) is 0 Å². The minimum atomic E-state index is 1.08. The van der Waals surface area contributed by atoms with Crippen LogP contribution in [0.2, 0.25) is 0 Å². The largest absolute Gasteiger partial charge is 0.344 e. The van der Waals surface area contributed by atoms with Crippen LogP contribution in [0.5, 0.6) is 0 Å². The Kier molecular flexibility index (Phi) is 9.78. The molecule has 0 N–H and O–H groups in total. The summed E-state index contributed by atoms with van der Waals surface area (Å²) < 4.78 is 2.81. The molecule has 0 aliphatic heterocycles. The lowest BCUT2D eigenvalue weighted by Crippen LogP contribution is -2.12. The number of benzene rings is 7. The third-order valence-corrected chi connectivity index (χ3v) is 8.90. The van der Waals surface area contributed by atoms with Gasteiger partial charge in [-0.1, -0.05) is 121 Å². The Morgan fingerprint density at radius 2 is 0.959 bits per heavy atom. The molecule has 0 spiro atoms. The van der Waals surface area contributed by atoms with Gasteiger partial charge in [0.15, 0.2) is 0 Å². The molecule has 0 unspecified atom stereocenters. The second-order valence-electron chi connectivity index (χ2n) is 11.9. The molecular weight excluding hydrogens is 612 g/mol. The van der Waals surface area contributed by atoms with E-state index in [1.54, 1.807) is 0 Å². The summed E-state index contributed by atoms with van der Waals surface area (Å²) in [5, 5.41) is 2.46. The Labute approximate surface area is 292 Å². The lowest BCUT2D eigenvalue weighted by Gasteiger charge is -2.29. The summed E-state index contributed by atoms with van der Waals surface area (Å²) >= 11 is 0. The van der Waals surface area contributed by atoms with Crippen molar-refractivity contribution in [2.24, 2.45) is 4.66 Å². The lowest BCUT2D eigenvalue weighted by molar-refractivity contribution is 0.984. The maximum atomic E-state index is 4.39. The first-order valence-electron chi connectivity index (χ1n) is 16.5. The summed E-state index contributed by atoms with van der Waals surface area (Å²) in [5.41, 5.74) is 12.0. The van der Waals surface area contributed by atoms with Gasteiger partial charge in [0.05, 0.1) is 11.4 Å². The number of allylic oxidation sites excluding steroid dienone is 1. The second kappa shape index (κ2) is 15.0. The molecule has 0 amide bonds. The fourth-order valence-corrected chi connectivity index (χ4v) is 6.66. The predicted molar refractivity (Wildman–Crippen MR) is 213 cm³/mol. The molecule has 0 saturated heterocycles. The van der Waals surface area contributed by atoms with E-state index in [9.17, 15) is 0 Å². The van der Waals surface area contributed by atoms with Crippen LogP contribution >= 0.6 is 9.03 Å². The number of hydrogen-bond acceptors (Lipinski definition) is 3. The van der Waals surface area contributed by atoms with Crippen molar-refractivity contribution in [3.05, 3.63) is 187 Å². The van der Waals surface area contributed by atoms with Crippen molar-refractivity contribution < 1.29 is 0 Å². The van der Waals surface area contributed by atoms with Gasteiger partial charge in [-0.3, -0.25) is 0 Å². The minimum absolute atomic E-state index is 1.08. The quantitative estimate of drug-likeness (QED) is 0.127. The fourth-order valence-electron chi connectivity index (χ4n) is 6.66. The van der Waals surface area contributed by atoms with Gasteiger partial charge < -0.3 is 14.5 Å². The first-order valence-corrected chi connectivity index (χ1v) is 16.9. The molecule has 0 atom stereocenters. The molecule has 2 radical (unpaired) electrons. The van der Waals surface area contributed by atoms with Gasteiger partial charge in [-0.25, -0.2) is 0 Å². The minimum Gasteiger partial charge on any atom is -0.344 e. The normalized spacial score (nSPS) is 11.6. The second-order valence-corrected chi connectivity index (χ2v) is 12.1. The van der Waals surface area contributed by atoms with E-state index in [2.05, 4.69) is 213 Å². The van der Waals surface area contributed by atoms with E-state index < -0.39 is 0 Å². The van der Waals surface area contributed by atoms with Crippen molar-refractivity contribution in [2.45, 2.75) is 12.8 Å². The SMILES string of the molecule is C1=Cc2c(cccc2N(c2ccccc2)c2ccc(-c3ccc(N(c4ccccc4)c4cccc5ccccc45)cc3)cc2)CC1.[B]N=P. The van der Waals surface area contributed by atoms with Crippen LogP contribution in [0, 0.1) is 0 Å². The van der Waals surface area contributed by atoms with E-state index in [-0.39, 0.29) is 0 Å². The van der Waals surface area contributed by atoms with E-state index in [1.165, 1.54) is 44.4 Å². The first-order chi connectivity index (χ1) is 24.2. The highest BCUT2D eigenvalue weighted by atomic mass is 31.0. The smallest absolute Gasteiger partial charge is 0.265 e. The molecule has 7 aromatic carbocycles. The number of para-hydroxylation sites is 2. The van der Waals surface area contributed by atoms with Gasteiger partial charge in [0.2, 0.25) is 0 Å². The standard InChI is InChI=1S/C44H34N2.BHNP/c1-3-17-37(18-4-1)45(43-23-11-15-35-13-7-9-21-41(35)43)39-29-25-33(26-30-39)34-27-31-40(32-28-34)46(38-19-5-2-6-20-38)44-24-12-16-36-14-8-10-22-42(36)44;1-2-3/h1-7,9-13,15-32H,8,14H2;3H. The molecule has 1 aliphatic rings. The van der Waals surface area contributed by atoms with Crippen molar-refractivity contribution >= 4 is 68.0 Å². The number of fused-ring (bicyclic) bond motifs is 2. The van der Waals surface area contributed by atoms with E-state index in [1.807, 2.05) is 0 Å². The maximum absolute atomic E-state index is 4.39. The van der Waals surface area contributed by atoms with Crippen LogP contribution in [0.15, 0.2) is 181 Å². The summed E-state index contributed by atoms with van der Waals surface area (Å²) in [6.45, 7) is 0. The summed E-state index contributed by atoms with van der Waals surface area (Å²) in [4.78, 5) is 4.73. The zero-order valence-electron chi connectivity index (χ0n) is 27.2. The lowest BCUT2D eigenvalue weighted by atomic mass is 9.95. The van der Waals surface area contributed by atoms with Gasteiger partial charge in [-0.2, -0.15) is 0 Å². The molecule has 234 valence electrons. The summed E-state index contributed by atoms with van der Waals surface area (Å²) in [6.07, 6.45) is 6.76. The number of anilines is 6. The number of nitrogens with zero attached hydrogens (tertiary/aromatic N) is 3. The zero-order valence-corrected chi connectivity index (χ0v) is 28.2. The maximum Gasteiger partial charge on any atom is 0.265 e. The van der Waals surface area contributed by atoms with Crippen LogP contribution in [-0.4, -0.2) is 7.98 Å². The Balaban J connectivity index is 0.00000122. The van der Waals surface area contributed by atoms with Gasteiger partial charge in [-0.05, 0) is 105 Å². The van der Waals surface area contributed by atoms with E-state index >= 15 is 0 Å². The van der Waals surface area contributed by atoms with Gasteiger partial charge in [-0.15, -0.1) is 0 Å². The number of rotatable bonds is 7. The van der Waals surface area contributed by atoms with Gasteiger partial charge in [0.25, 0.3) is 7.98 Å². The van der Waals surface area contributed by atoms with E-state index in [0.717, 1.165) is 35.6 Å². The zero-order chi connectivity index (χ0) is 33.4. The molecule has 5 heteroatoms. The highest BCUT2D eigenvalue weighted by Crippen LogP contribution is 2.42. The molecule has 1 aliphatic carbocycles. The van der Waals surface area contributed by atoms with Gasteiger partial charge in [0, 0.05) is 33.7 Å². The van der Waals surface area contributed by atoms with Crippen molar-refractivity contribution in [2.75, 3.05) is 9.80 Å². The molecule has 0 aromatic heterocycles. The van der Waals surface area contributed by atoms with Crippen LogP contribution in [0.25, 0.3) is 28.0 Å². The molecule has 0 saturated carbocycles. The molecule has 49 heavy (non-hydrogen) atoms. The molecule has 3 nitrogen and oxygen atoms in total. The average Bonchev–Trinajstić information content (AvgIpc) is 3.17. The Hall–Kier alpha value is -5.70. The summed E-state index contributed by atoms with van der Waals surface area (Å²) in [7, 11) is 6.97. The molecule has 0 bridgehead atoms. The molecular formula is C44H35BN3P. The highest BCUT2D eigenvalue weighted by molar-refractivity contribution is 7.05. The fraction of sp³-hybridized carbons (Fsp3) is 0.0455. The third-order valence-electron chi connectivity index (χ3n) is 8.90. The van der Waals surface area contributed by atoms with E-state index in [0.29, 0.717) is 0 Å². The Morgan fingerprint density at radius 3 is 1.57 bits per heavy atom. The molecule has 0 heterocycles. The topological polar surface area (TPSA) is 18.8 Å². The summed E-state index contributed by atoms with van der Waals surface area (Å²) in [6, 6.07) is 61.0. The van der Waals surface area contributed by atoms with Crippen molar-refractivity contribution in [3.63, 3.8) is 0 Å². The summed E-state index contributed by atoms with van der Waals surface area (Å²) in [5.74, 6) is 0. The van der Waals surface area contributed by atoms with E-state index in [4.69, 9.17) is 0 Å². The Bertz CT molecular complexity index is 2190. The highest BCUT2D eigenvalue weighted by Gasteiger charge is 2.19. The van der Waals surface area contributed by atoms with Crippen molar-refractivity contribution in [1.82, 2.24) is 0 Å². The first kappa shape index (κ1) is 31.9. The van der Waals surface area contributed by atoms with Crippen molar-refractivity contribution in [3.8, 4) is 11.1 Å². The Morgan fingerprint density at radius 1 is 0.490 bits per heavy atom. The monoisotopic (exact) mass is 647 g/mol. The number of aryl methyl sites for hydroxylation is 1. The number of hydrogen-bond donors (Lipinski definition) is 0. The average molecular weight is 648 g/mol. The molecule has 0 fully saturated rings. The van der Waals surface area contributed by atoms with Crippen LogP contribution in [0.3, 0.4) is 0 Å². The third kappa shape index (κ3) is 6.83. The van der Waals surface area contributed by atoms with Crippen molar-refractivity contribution in [1.29, 1.82) is 0 Å². The predicted octanol–water partition coefficient (Wildman–Crippen LogP) is 12.8.